The molecule has 0 saturated carbocycles. The smallest absolute Gasteiger partial charge is 0.257 e. The third-order valence-electron chi connectivity index (χ3n) is 5.66. The fourth-order valence-electron chi connectivity index (χ4n) is 4.21. The number of carbonyl (C=O) groups excluding carboxylic acids is 3. The van der Waals surface area contributed by atoms with E-state index in [1.54, 1.807) is 22.8 Å². The fraction of sp³-hybridized carbons (Fsp3) is 0.409. The summed E-state index contributed by atoms with van der Waals surface area (Å²) in [6.45, 7) is 5.71. The summed E-state index contributed by atoms with van der Waals surface area (Å²) in [6.07, 6.45) is 0.858. The molecule has 0 spiro atoms. The highest BCUT2D eigenvalue weighted by Gasteiger charge is 2.34. The van der Waals surface area contributed by atoms with Crippen molar-refractivity contribution in [2.24, 2.45) is 0 Å². The molecule has 3 amide bonds. The molecule has 7 heteroatoms. The fourth-order valence-corrected chi connectivity index (χ4v) is 4.21. The van der Waals surface area contributed by atoms with Gasteiger partial charge in [-0.3, -0.25) is 14.4 Å². The van der Waals surface area contributed by atoms with Gasteiger partial charge in [0.25, 0.3) is 5.91 Å². The number of furan rings is 1. The first-order chi connectivity index (χ1) is 13.9. The molecular formula is C22H25N3O4. The van der Waals surface area contributed by atoms with Gasteiger partial charge in [-0.2, -0.15) is 0 Å². The number of nitrogens with one attached hydrogen (secondary N) is 1. The van der Waals surface area contributed by atoms with Crippen LogP contribution in [0.3, 0.4) is 0 Å². The maximum absolute atomic E-state index is 13.2. The van der Waals surface area contributed by atoms with E-state index < -0.39 is 5.92 Å². The number of nitrogens with zero attached hydrogens (tertiary/aromatic N) is 2. The Labute approximate surface area is 169 Å². The van der Waals surface area contributed by atoms with Crippen LogP contribution in [0.15, 0.2) is 34.7 Å². The molecule has 1 fully saturated rings. The molecule has 0 aliphatic carbocycles. The normalized spacial score (nSPS) is 19.4. The summed E-state index contributed by atoms with van der Waals surface area (Å²) < 4.78 is 5.49. The number of hydrogen-bond donors (Lipinski definition) is 1. The van der Waals surface area contributed by atoms with Crippen LogP contribution in [-0.4, -0.2) is 53.7 Å². The van der Waals surface area contributed by atoms with Crippen LogP contribution in [0, 0.1) is 13.8 Å². The first-order valence-corrected chi connectivity index (χ1v) is 9.98. The van der Waals surface area contributed by atoms with E-state index in [1.165, 1.54) is 0 Å². The van der Waals surface area contributed by atoms with E-state index in [4.69, 9.17) is 4.42 Å². The molecule has 1 aromatic heterocycles. The van der Waals surface area contributed by atoms with Gasteiger partial charge in [-0.1, -0.05) is 18.2 Å². The Bertz CT molecular complexity index is 965. The van der Waals surface area contributed by atoms with Crippen LogP contribution in [-0.2, 0) is 9.59 Å². The van der Waals surface area contributed by atoms with Crippen LogP contribution < -0.4 is 5.32 Å². The summed E-state index contributed by atoms with van der Waals surface area (Å²) in [5, 5.41) is 2.84. The minimum atomic E-state index is -0.471. The molecule has 29 heavy (non-hydrogen) atoms. The molecular weight excluding hydrogens is 370 g/mol. The quantitative estimate of drug-likeness (QED) is 0.848. The van der Waals surface area contributed by atoms with Gasteiger partial charge in [-0.25, -0.2) is 0 Å². The maximum Gasteiger partial charge on any atom is 0.257 e. The van der Waals surface area contributed by atoms with E-state index in [0.717, 1.165) is 5.56 Å². The molecule has 152 valence electrons. The van der Waals surface area contributed by atoms with Crippen LogP contribution in [0.25, 0.3) is 0 Å². The van der Waals surface area contributed by atoms with Crippen LogP contribution >= 0.6 is 0 Å². The number of para-hydroxylation sites is 1. The standard InChI is InChI=1S/C22H25N3O4/c1-14-12-17(15(2)29-14)21(27)24-8-5-9-25(11-10-24)22(28)18-13-20(26)23-19-7-4-3-6-16(18)19/h3-4,6-7,12,18H,5,8-11,13H2,1-2H3,(H,23,26). The second-order valence-electron chi connectivity index (χ2n) is 7.69. The molecule has 2 aliphatic heterocycles. The number of fused-ring (bicyclic) bond motifs is 1. The molecule has 0 bridgehead atoms. The molecule has 2 aromatic rings. The van der Waals surface area contributed by atoms with Crippen LogP contribution in [0.5, 0.6) is 0 Å². The van der Waals surface area contributed by atoms with E-state index in [9.17, 15) is 14.4 Å². The second kappa shape index (κ2) is 7.73. The predicted octanol–water partition coefficient (Wildman–Crippen LogP) is 2.70. The molecule has 1 atom stereocenters. The molecule has 1 saturated heterocycles. The number of rotatable bonds is 2. The summed E-state index contributed by atoms with van der Waals surface area (Å²) >= 11 is 0. The van der Waals surface area contributed by atoms with Gasteiger partial charge in [-0.05, 0) is 38.0 Å². The topological polar surface area (TPSA) is 82.9 Å². The zero-order chi connectivity index (χ0) is 20.5. The van der Waals surface area contributed by atoms with Gasteiger partial charge in [0.2, 0.25) is 11.8 Å². The molecule has 1 unspecified atom stereocenters. The zero-order valence-corrected chi connectivity index (χ0v) is 16.7. The highest BCUT2D eigenvalue weighted by molar-refractivity contribution is 6.01. The average molecular weight is 395 g/mol. The second-order valence-corrected chi connectivity index (χ2v) is 7.69. The Morgan fingerprint density at radius 3 is 2.55 bits per heavy atom. The Morgan fingerprint density at radius 2 is 1.79 bits per heavy atom. The summed E-state index contributed by atoms with van der Waals surface area (Å²) in [5.41, 5.74) is 2.15. The lowest BCUT2D eigenvalue weighted by Crippen LogP contribution is -2.41. The number of carbonyl (C=O) groups is 3. The van der Waals surface area contributed by atoms with Crippen molar-refractivity contribution in [1.82, 2.24) is 9.80 Å². The minimum absolute atomic E-state index is 0.0445. The van der Waals surface area contributed by atoms with Crippen LogP contribution in [0.1, 0.15) is 46.2 Å². The maximum atomic E-state index is 13.2. The zero-order valence-electron chi connectivity index (χ0n) is 16.7. The molecule has 0 radical (unpaired) electrons. The third kappa shape index (κ3) is 3.77. The lowest BCUT2D eigenvalue weighted by Gasteiger charge is -2.30. The van der Waals surface area contributed by atoms with Crippen molar-refractivity contribution < 1.29 is 18.8 Å². The number of anilines is 1. The highest BCUT2D eigenvalue weighted by Crippen LogP contribution is 2.33. The minimum Gasteiger partial charge on any atom is -0.466 e. The van der Waals surface area contributed by atoms with Gasteiger partial charge >= 0.3 is 0 Å². The highest BCUT2D eigenvalue weighted by atomic mass is 16.3. The Hall–Kier alpha value is -3.09. The van der Waals surface area contributed by atoms with Gasteiger partial charge in [0.15, 0.2) is 0 Å². The molecule has 3 heterocycles. The van der Waals surface area contributed by atoms with Crippen molar-refractivity contribution in [3.05, 3.63) is 53.0 Å². The largest absolute Gasteiger partial charge is 0.466 e. The monoisotopic (exact) mass is 395 g/mol. The van der Waals surface area contributed by atoms with E-state index in [1.807, 2.05) is 31.2 Å². The Morgan fingerprint density at radius 1 is 1.07 bits per heavy atom. The summed E-state index contributed by atoms with van der Waals surface area (Å²) in [5.74, 6) is 0.620. The summed E-state index contributed by atoms with van der Waals surface area (Å²) in [6, 6.07) is 9.22. The molecule has 1 N–H and O–H groups in total. The number of benzene rings is 1. The van der Waals surface area contributed by atoms with E-state index >= 15 is 0 Å². The Kier molecular flexibility index (Phi) is 5.13. The molecule has 2 aliphatic rings. The van der Waals surface area contributed by atoms with E-state index in [2.05, 4.69) is 5.32 Å². The Balaban J connectivity index is 1.47. The van der Waals surface area contributed by atoms with Gasteiger partial charge in [0.05, 0.1) is 11.5 Å². The molecule has 1 aromatic carbocycles. The van der Waals surface area contributed by atoms with Gasteiger partial charge in [0, 0.05) is 38.3 Å². The lowest BCUT2D eigenvalue weighted by molar-refractivity contribution is -0.134. The van der Waals surface area contributed by atoms with Crippen molar-refractivity contribution in [2.45, 2.75) is 32.6 Å². The van der Waals surface area contributed by atoms with Crippen LogP contribution in [0.2, 0.25) is 0 Å². The molecule has 4 rings (SSSR count). The van der Waals surface area contributed by atoms with E-state index in [-0.39, 0.29) is 24.1 Å². The van der Waals surface area contributed by atoms with Gasteiger partial charge in [-0.15, -0.1) is 0 Å². The van der Waals surface area contributed by atoms with Crippen molar-refractivity contribution in [1.29, 1.82) is 0 Å². The SMILES string of the molecule is Cc1cc(C(=O)N2CCCN(C(=O)C3CC(=O)Nc4ccccc43)CC2)c(C)o1. The van der Waals surface area contributed by atoms with Crippen molar-refractivity contribution in [3.8, 4) is 0 Å². The average Bonchev–Trinajstić information content (AvgIpc) is 2.90. The predicted molar refractivity (Wildman–Crippen MR) is 108 cm³/mol. The summed E-state index contributed by atoms with van der Waals surface area (Å²) in [7, 11) is 0. The van der Waals surface area contributed by atoms with Crippen LogP contribution in [0.4, 0.5) is 5.69 Å². The van der Waals surface area contributed by atoms with E-state index in [0.29, 0.717) is 55.4 Å². The molecule has 7 nitrogen and oxygen atoms in total. The van der Waals surface area contributed by atoms with Gasteiger partial charge < -0.3 is 19.5 Å². The van der Waals surface area contributed by atoms with Gasteiger partial charge in [0.1, 0.15) is 11.5 Å². The van der Waals surface area contributed by atoms with Crippen molar-refractivity contribution >= 4 is 23.4 Å². The number of amides is 3. The van der Waals surface area contributed by atoms with Crippen molar-refractivity contribution in [2.75, 3.05) is 31.5 Å². The lowest BCUT2D eigenvalue weighted by atomic mass is 9.89. The van der Waals surface area contributed by atoms with Crippen molar-refractivity contribution in [3.63, 3.8) is 0 Å². The number of aryl methyl sites for hydroxylation is 2. The third-order valence-corrected chi connectivity index (χ3v) is 5.66. The number of hydrogen-bond acceptors (Lipinski definition) is 4. The summed E-state index contributed by atoms with van der Waals surface area (Å²) in [4.78, 5) is 41.8. The first-order valence-electron chi connectivity index (χ1n) is 9.98. The first kappa shape index (κ1) is 19.2.